The molecule has 0 saturated carbocycles. The van der Waals surface area contributed by atoms with E-state index in [2.05, 4.69) is 5.32 Å². The molecule has 3 aromatic rings. The van der Waals surface area contributed by atoms with E-state index < -0.39 is 17.6 Å². The quantitative estimate of drug-likeness (QED) is 0.570. The molecule has 3 aromatic carbocycles. The molecule has 0 aromatic heterocycles. The maximum atomic E-state index is 13.5. The predicted molar refractivity (Wildman–Crippen MR) is 119 cm³/mol. The van der Waals surface area contributed by atoms with Crippen molar-refractivity contribution in [1.29, 1.82) is 5.26 Å². The molecule has 0 bridgehead atoms. The Morgan fingerprint density at radius 1 is 1.00 bits per heavy atom. The van der Waals surface area contributed by atoms with Crippen LogP contribution < -0.4 is 15.0 Å². The Bertz CT molecular complexity index is 1300. The van der Waals surface area contributed by atoms with E-state index in [0.29, 0.717) is 33.3 Å². The van der Waals surface area contributed by atoms with Crippen molar-refractivity contribution in [2.24, 2.45) is 0 Å². The second-order valence-electron chi connectivity index (χ2n) is 6.84. The van der Waals surface area contributed by atoms with Gasteiger partial charge in [-0.1, -0.05) is 23.7 Å². The fourth-order valence-corrected chi connectivity index (χ4v) is 3.60. The molecule has 0 fully saturated rings. The van der Waals surface area contributed by atoms with Gasteiger partial charge in [0.2, 0.25) is 0 Å². The zero-order valence-corrected chi connectivity index (χ0v) is 17.5. The van der Waals surface area contributed by atoms with Crippen molar-refractivity contribution in [1.82, 2.24) is 0 Å². The molecule has 0 radical (unpaired) electrons. The number of rotatable bonds is 5. The van der Waals surface area contributed by atoms with Gasteiger partial charge in [-0.05, 0) is 60.2 Å². The van der Waals surface area contributed by atoms with Crippen molar-refractivity contribution in [3.05, 3.63) is 94.4 Å². The first-order chi connectivity index (χ1) is 15.4. The van der Waals surface area contributed by atoms with Crippen LogP contribution in [0.1, 0.15) is 11.1 Å². The van der Waals surface area contributed by atoms with Crippen LogP contribution in [-0.4, -0.2) is 18.9 Å². The molecule has 0 spiro atoms. The summed E-state index contributed by atoms with van der Waals surface area (Å²) in [5.74, 6) is -1.18. The summed E-state index contributed by atoms with van der Waals surface area (Å²) >= 11 is 6.19. The van der Waals surface area contributed by atoms with Crippen LogP contribution in [0, 0.1) is 17.1 Å². The summed E-state index contributed by atoms with van der Waals surface area (Å²) in [5.41, 5.74) is 1.66. The molecule has 8 heteroatoms. The number of hydrogen-bond donors (Lipinski definition) is 1. The Morgan fingerprint density at radius 2 is 1.69 bits per heavy atom. The predicted octanol–water partition coefficient (Wildman–Crippen LogP) is 4.76. The third kappa shape index (κ3) is 3.80. The standard InChI is InChI=1S/C24H15ClFN3O3/c1-32-20-11-8-17(12-19(20)25)28-22-21(15-4-6-16(26)7-5-15)23(30)29(24(22)31)18-9-2-14(13-27)3-10-18/h2-12,28H,1H3. The van der Waals surface area contributed by atoms with Crippen molar-refractivity contribution >= 4 is 40.4 Å². The lowest BCUT2D eigenvalue weighted by molar-refractivity contribution is -0.120. The minimum absolute atomic E-state index is 0.0206. The normalized spacial score (nSPS) is 13.4. The number of carbonyl (C=O) groups excluding carboxylic acids is 2. The van der Waals surface area contributed by atoms with Gasteiger partial charge in [0.25, 0.3) is 11.8 Å². The molecule has 1 aliphatic heterocycles. The highest BCUT2D eigenvalue weighted by Gasteiger charge is 2.40. The van der Waals surface area contributed by atoms with E-state index in [9.17, 15) is 14.0 Å². The number of methoxy groups -OCH3 is 1. The zero-order chi connectivity index (χ0) is 22.8. The fraction of sp³-hybridized carbons (Fsp3) is 0.0417. The summed E-state index contributed by atoms with van der Waals surface area (Å²) in [6.45, 7) is 0. The SMILES string of the molecule is COc1ccc(NC2=C(c3ccc(F)cc3)C(=O)N(c3ccc(C#N)cc3)C2=O)cc1Cl. The van der Waals surface area contributed by atoms with Gasteiger partial charge in [0.15, 0.2) is 0 Å². The Balaban J connectivity index is 1.79. The minimum atomic E-state index is -0.592. The number of ether oxygens (including phenoxy) is 1. The molecular weight excluding hydrogens is 433 g/mol. The van der Waals surface area contributed by atoms with Gasteiger partial charge in [0, 0.05) is 5.69 Å². The lowest BCUT2D eigenvalue weighted by atomic mass is 10.0. The number of imide groups is 1. The largest absolute Gasteiger partial charge is 0.495 e. The number of halogens is 2. The van der Waals surface area contributed by atoms with E-state index >= 15 is 0 Å². The molecule has 2 amide bonds. The lowest BCUT2D eigenvalue weighted by Gasteiger charge is -2.15. The van der Waals surface area contributed by atoms with Gasteiger partial charge in [-0.2, -0.15) is 5.26 Å². The number of hydrogen-bond acceptors (Lipinski definition) is 5. The molecule has 0 aliphatic carbocycles. The van der Waals surface area contributed by atoms with Crippen molar-refractivity contribution in [3.8, 4) is 11.8 Å². The summed E-state index contributed by atoms with van der Waals surface area (Å²) in [7, 11) is 1.48. The van der Waals surface area contributed by atoms with Gasteiger partial charge in [-0.3, -0.25) is 9.59 Å². The van der Waals surface area contributed by atoms with Crippen LogP contribution in [0.4, 0.5) is 15.8 Å². The maximum absolute atomic E-state index is 13.5. The van der Waals surface area contributed by atoms with E-state index in [1.54, 1.807) is 18.2 Å². The molecule has 32 heavy (non-hydrogen) atoms. The van der Waals surface area contributed by atoms with Crippen LogP contribution in [0.25, 0.3) is 5.57 Å². The van der Waals surface area contributed by atoms with Gasteiger partial charge in [-0.25, -0.2) is 9.29 Å². The first kappa shape index (κ1) is 21.1. The second kappa shape index (κ2) is 8.53. The Morgan fingerprint density at radius 3 is 2.28 bits per heavy atom. The molecule has 0 saturated heterocycles. The highest BCUT2D eigenvalue weighted by atomic mass is 35.5. The number of nitriles is 1. The van der Waals surface area contributed by atoms with E-state index in [-0.39, 0.29) is 11.3 Å². The number of carbonyl (C=O) groups is 2. The lowest BCUT2D eigenvalue weighted by Crippen LogP contribution is -2.32. The first-order valence-corrected chi connectivity index (χ1v) is 9.80. The van der Waals surface area contributed by atoms with Crippen LogP contribution in [0.2, 0.25) is 5.02 Å². The van der Waals surface area contributed by atoms with Crippen LogP contribution in [-0.2, 0) is 9.59 Å². The monoisotopic (exact) mass is 447 g/mol. The summed E-state index contributed by atoms with van der Waals surface area (Å²) < 4.78 is 18.6. The number of nitrogens with zero attached hydrogens (tertiary/aromatic N) is 2. The van der Waals surface area contributed by atoms with Gasteiger partial charge < -0.3 is 10.1 Å². The zero-order valence-electron chi connectivity index (χ0n) is 16.7. The first-order valence-electron chi connectivity index (χ1n) is 9.42. The summed E-state index contributed by atoms with van der Waals surface area (Å²) in [6.07, 6.45) is 0. The fourth-order valence-electron chi connectivity index (χ4n) is 3.34. The van der Waals surface area contributed by atoms with E-state index in [1.165, 1.54) is 55.6 Å². The Kier molecular flexibility index (Phi) is 5.63. The topological polar surface area (TPSA) is 82.4 Å². The van der Waals surface area contributed by atoms with Crippen molar-refractivity contribution < 1.29 is 18.7 Å². The van der Waals surface area contributed by atoms with Gasteiger partial charge in [0.05, 0.1) is 35.0 Å². The third-order valence-corrected chi connectivity index (χ3v) is 5.19. The number of anilines is 2. The average molecular weight is 448 g/mol. The molecule has 0 unspecified atom stereocenters. The van der Waals surface area contributed by atoms with Crippen LogP contribution in [0.5, 0.6) is 5.75 Å². The summed E-state index contributed by atoms with van der Waals surface area (Å²) in [5, 5.41) is 12.3. The summed E-state index contributed by atoms with van der Waals surface area (Å²) in [6, 6.07) is 18.2. The number of amides is 2. The van der Waals surface area contributed by atoms with E-state index in [0.717, 1.165) is 4.90 Å². The minimum Gasteiger partial charge on any atom is -0.495 e. The summed E-state index contributed by atoms with van der Waals surface area (Å²) in [4.78, 5) is 27.7. The van der Waals surface area contributed by atoms with Crippen LogP contribution >= 0.6 is 11.6 Å². The van der Waals surface area contributed by atoms with Gasteiger partial charge in [-0.15, -0.1) is 0 Å². The van der Waals surface area contributed by atoms with Gasteiger partial charge >= 0.3 is 0 Å². The number of benzene rings is 3. The molecule has 4 rings (SSSR count). The highest BCUT2D eigenvalue weighted by molar-refractivity contribution is 6.46. The Labute approximate surface area is 188 Å². The highest BCUT2D eigenvalue weighted by Crippen LogP contribution is 2.35. The molecule has 1 heterocycles. The molecule has 1 aliphatic rings. The van der Waals surface area contributed by atoms with Gasteiger partial charge in [0.1, 0.15) is 17.3 Å². The van der Waals surface area contributed by atoms with Crippen molar-refractivity contribution in [2.75, 3.05) is 17.3 Å². The smallest absolute Gasteiger partial charge is 0.282 e. The molecule has 0 atom stereocenters. The van der Waals surface area contributed by atoms with Crippen molar-refractivity contribution in [2.45, 2.75) is 0 Å². The van der Waals surface area contributed by atoms with E-state index in [4.69, 9.17) is 21.6 Å². The average Bonchev–Trinajstić information content (AvgIpc) is 3.04. The molecular formula is C24H15ClFN3O3. The second-order valence-corrected chi connectivity index (χ2v) is 7.24. The van der Waals surface area contributed by atoms with Crippen LogP contribution in [0.3, 0.4) is 0 Å². The molecule has 158 valence electrons. The molecule has 6 nitrogen and oxygen atoms in total. The van der Waals surface area contributed by atoms with E-state index in [1.807, 2.05) is 6.07 Å². The van der Waals surface area contributed by atoms with Crippen LogP contribution in [0.15, 0.2) is 72.4 Å². The van der Waals surface area contributed by atoms with Crippen molar-refractivity contribution in [3.63, 3.8) is 0 Å². The Hall–Kier alpha value is -4.15. The number of nitrogens with one attached hydrogen (secondary N) is 1. The molecule has 1 N–H and O–H groups in total. The third-order valence-electron chi connectivity index (χ3n) is 4.89. The maximum Gasteiger partial charge on any atom is 0.282 e.